The van der Waals surface area contributed by atoms with E-state index in [1.807, 2.05) is 0 Å². The molecule has 1 aromatic heterocycles. The highest BCUT2D eigenvalue weighted by molar-refractivity contribution is 9.11. The fourth-order valence-electron chi connectivity index (χ4n) is 2.08. The first-order valence-corrected chi connectivity index (χ1v) is 7.40. The molecule has 0 bridgehead atoms. The normalized spacial score (nSPS) is 19.3. The molecule has 19 heavy (non-hydrogen) atoms. The molecule has 0 radical (unpaired) electrons. The summed E-state index contributed by atoms with van der Waals surface area (Å²) in [6, 6.07) is 1.75. The maximum atomic E-state index is 12.3. The molecule has 1 saturated heterocycles. The number of hydrogen-bond donors (Lipinski definition) is 1. The number of hydrogen-bond acceptors (Lipinski definition) is 3. The van der Waals surface area contributed by atoms with Crippen LogP contribution >= 0.6 is 31.9 Å². The SMILES string of the molecule is O=C(O)C1CCCN(C(=O)c2ncc(Br)cc2Br)C1. The smallest absolute Gasteiger partial charge is 0.308 e. The van der Waals surface area contributed by atoms with Crippen molar-refractivity contribution in [2.45, 2.75) is 12.8 Å². The quantitative estimate of drug-likeness (QED) is 0.840. The van der Waals surface area contributed by atoms with E-state index in [1.165, 1.54) is 0 Å². The molecule has 0 aromatic carbocycles. The van der Waals surface area contributed by atoms with Gasteiger partial charge in [0.1, 0.15) is 5.69 Å². The summed E-state index contributed by atoms with van der Waals surface area (Å²) in [5.74, 6) is -1.56. The van der Waals surface area contributed by atoms with E-state index >= 15 is 0 Å². The highest BCUT2D eigenvalue weighted by Gasteiger charge is 2.29. The number of nitrogens with zero attached hydrogens (tertiary/aromatic N) is 2. The summed E-state index contributed by atoms with van der Waals surface area (Å²) >= 11 is 6.58. The van der Waals surface area contributed by atoms with E-state index in [0.29, 0.717) is 29.6 Å². The van der Waals surface area contributed by atoms with Gasteiger partial charge in [0.2, 0.25) is 0 Å². The van der Waals surface area contributed by atoms with Crippen molar-refractivity contribution in [2.75, 3.05) is 13.1 Å². The van der Waals surface area contributed by atoms with Crippen molar-refractivity contribution in [3.63, 3.8) is 0 Å². The molecule has 1 aliphatic rings. The number of halogens is 2. The zero-order valence-corrected chi connectivity index (χ0v) is 13.1. The molecule has 1 N–H and O–H groups in total. The van der Waals surface area contributed by atoms with Gasteiger partial charge in [-0.15, -0.1) is 0 Å². The second kappa shape index (κ2) is 6.00. The van der Waals surface area contributed by atoms with E-state index in [-0.39, 0.29) is 12.5 Å². The lowest BCUT2D eigenvalue weighted by Gasteiger charge is -2.30. The van der Waals surface area contributed by atoms with Crippen molar-refractivity contribution in [2.24, 2.45) is 5.92 Å². The van der Waals surface area contributed by atoms with Gasteiger partial charge in [-0.25, -0.2) is 4.98 Å². The molecule has 0 aliphatic carbocycles. The second-order valence-corrected chi connectivity index (χ2v) is 6.18. The van der Waals surface area contributed by atoms with Gasteiger partial charge in [0, 0.05) is 23.8 Å². The van der Waals surface area contributed by atoms with Crippen LogP contribution in [0.5, 0.6) is 0 Å². The minimum absolute atomic E-state index is 0.231. The van der Waals surface area contributed by atoms with Crippen LogP contribution in [0.3, 0.4) is 0 Å². The van der Waals surface area contributed by atoms with Crippen LogP contribution in [-0.2, 0) is 4.79 Å². The Labute approximate surface area is 127 Å². The first kappa shape index (κ1) is 14.5. The van der Waals surface area contributed by atoms with Crippen LogP contribution in [-0.4, -0.2) is 40.0 Å². The van der Waals surface area contributed by atoms with E-state index in [1.54, 1.807) is 17.2 Å². The van der Waals surface area contributed by atoms with Gasteiger partial charge >= 0.3 is 5.97 Å². The summed E-state index contributed by atoms with van der Waals surface area (Å²) in [6.07, 6.45) is 2.88. The van der Waals surface area contributed by atoms with Crippen LogP contribution < -0.4 is 0 Å². The van der Waals surface area contributed by atoms with Crippen LogP contribution in [0.15, 0.2) is 21.2 Å². The summed E-state index contributed by atoms with van der Waals surface area (Å²) in [5, 5.41) is 9.03. The third-order valence-corrected chi connectivity index (χ3v) is 4.11. The van der Waals surface area contributed by atoms with Crippen molar-refractivity contribution in [1.82, 2.24) is 9.88 Å². The molecular weight excluding hydrogens is 380 g/mol. The van der Waals surface area contributed by atoms with Crippen LogP contribution in [0, 0.1) is 5.92 Å². The lowest BCUT2D eigenvalue weighted by molar-refractivity contribution is -0.143. The monoisotopic (exact) mass is 390 g/mol. The molecule has 1 amide bonds. The van der Waals surface area contributed by atoms with Gasteiger partial charge in [-0.2, -0.15) is 0 Å². The van der Waals surface area contributed by atoms with Crippen molar-refractivity contribution < 1.29 is 14.7 Å². The van der Waals surface area contributed by atoms with Gasteiger partial charge in [-0.05, 0) is 50.8 Å². The molecular formula is C12H12Br2N2O3. The van der Waals surface area contributed by atoms with Gasteiger partial charge in [0.25, 0.3) is 5.91 Å². The minimum atomic E-state index is -0.847. The standard InChI is InChI=1S/C12H12Br2N2O3/c13-8-4-9(14)10(15-5-8)11(17)16-3-1-2-7(6-16)12(18)19/h4-5,7H,1-3,6H2,(H,18,19). The first-order valence-electron chi connectivity index (χ1n) is 5.82. The second-order valence-electron chi connectivity index (χ2n) is 4.41. The van der Waals surface area contributed by atoms with Crippen LogP contribution in [0.25, 0.3) is 0 Å². The topological polar surface area (TPSA) is 70.5 Å². The number of aromatic nitrogens is 1. The molecule has 1 fully saturated rings. The first-order chi connectivity index (χ1) is 8.99. The zero-order valence-electron chi connectivity index (χ0n) is 9.97. The summed E-state index contributed by atoms with van der Waals surface area (Å²) in [6.45, 7) is 0.825. The lowest BCUT2D eigenvalue weighted by Crippen LogP contribution is -2.42. The minimum Gasteiger partial charge on any atom is -0.481 e. The third-order valence-electron chi connectivity index (χ3n) is 3.07. The summed E-state index contributed by atoms with van der Waals surface area (Å²) in [4.78, 5) is 29.0. The molecule has 1 unspecified atom stereocenters. The van der Waals surface area contributed by atoms with Crippen molar-refractivity contribution in [3.05, 3.63) is 26.9 Å². The van der Waals surface area contributed by atoms with Gasteiger partial charge < -0.3 is 10.0 Å². The molecule has 7 heteroatoms. The number of piperidine rings is 1. The molecule has 0 saturated carbocycles. The Bertz CT molecular complexity index is 522. The van der Waals surface area contributed by atoms with E-state index in [4.69, 9.17) is 5.11 Å². The Kier molecular flexibility index (Phi) is 4.57. The molecule has 1 aliphatic heterocycles. The lowest BCUT2D eigenvalue weighted by atomic mass is 9.98. The molecule has 0 spiro atoms. The number of rotatable bonds is 2. The number of carboxylic acids is 1. The van der Waals surface area contributed by atoms with Crippen LogP contribution in [0.4, 0.5) is 0 Å². The van der Waals surface area contributed by atoms with E-state index in [2.05, 4.69) is 36.8 Å². The molecule has 1 atom stereocenters. The van der Waals surface area contributed by atoms with Crippen LogP contribution in [0.1, 0.15) is 23.3 Å². The summed E-state index contributed by atoms with van der Waals surface area (Å²) in [5.41, 5.74) is 0.314. The van der Waals surface area contributed by atoms with Crippen molar-refractivity contribution in [3.8, 4) is 0 Å². The fraction of sp³-hybridized carbons (Fsp3) is 0.417. The summed E-state index contributed by atoms with van der Waals surface area (Å²) < 4.78 is 1.38. The number of pyridine rings is 1. The maximum Gasteiger partial charge on any atom is 0.308 e. The number of aliphatic carboxylic acids is 1. The van der Waals surface area contributed by atoms with Gasteiger partial charge in [0.15, 0.2) is 0 Å². The number of amides is 1. The number of carboxylic acid groups (broad SMARTS) is 1. The Morgan fingerprint density at radius 3 is 2.79 bits per heavy atom. The third kappa shape index (κ3) is 3.33. The van der Waals surface area contributed by atoms with Crippen molar-refractivity contribution >= 4 is 43.7 Å². The number of carbonyl (C=O) groups is 2. The highest BCUT2D eigenvalue weighted by atomic mass is 79.9. The van der Waals surface area contributed by atoms with Gasteiger partial charge in [0.05, 0.1) is 10.4 Å². The fourth-order valence-corrected chi connectivity index (χ4v) is 3.24. The van der Waals surface area contributed by atoms with Crippen molar-refractivity contribution in [1.29, 1.82) is 0 Å². The van der Waals surface area contributed by atoms with Crippen LogP contribution in [0.2, 0.25) is 0 Å². The Hall–Kier alpha value is -0.950. The van der Waals surface area contributed by atoms with Gasteiger partial charge in [-0.1, -0.05) is 0 Å². The highest BCUT2D eigenvalue weighted by Crippen LogP contribution is 2.23. The molecule has 2 heterocycles. The average molecular weight is 392 g/mol. The molecule has 5 nitrogen and oxygen atoms in total. The van der Waals surface area contributed by atoms with E-state index < -0.39 is 11.9 Å². The van der Waals surface area contributed by atoms with Gasteiger partial charge in [-0.3, -0.25) is 9.59 Å². The Balaban J connectivity index is 2.17. The molecule has 2 rings (SSSR count). The van der Waals surface area contributed by atoms with E-state index in [9.17, 15) is 9.59 Å². The average Bonchev–Trinajstić information content (AvgIpc) is 2.38. The number of likely N-dealkylation sites (tertiary alicyclic amines) is 1. The Morgan fingerprint density at radius 2 is 2.16 bits per heavy atom. The van der Waals surface area contributed by atoms with E-state index in [0.717, 1.165) is 4.47 Å². The Morgan fingerprint density at radius 1 is 1.42 bits per heavy atom. The summed E-state index contributed by atoms with van der Waals surface area (Å²) in [7, 11) is 0. The maximum absolute atomic E-state index is 12.3. The zero-order chi connectivity index (χ0) is 14.0. The largest absolute Gasteiger partial charge is 0.481 e. The molecule has 102 valence electrons. The molecule has 1 aromatic rings. The predicted molar refractivity (Wildman–Crippen MR) is 75.9 cm³/mol. The predicted octanol–water partition coefficient (Wildman–Crippen LogP) is 2.54. The number of carbonyl (C=O) groups excluding carboxylic acids is 1.